The van der Waals surface area contributed by atoms with E-state index >= 15 is 0 Å². The fourth-order valence-electron chi connectivity index (χ4n) is 2.18. The number of pyridine rings is 1. The SMILES string of the molecule is CCNc1cc(Cn2c(C)cccc2=O)ccc1[N+](=O)[O-]. The number of nitro groups is 1. The Hall–Kier alpha value is -2.63. The first-order valence-electron chi connectivity index (χ1n) is 6.70. The number of aryl methyl sites for hydroxylation is 1. The van der Waals surface area contributed by atoms with Gasteiger partial charge in [-0.05, 0) is 31.5 Å². The van der Waals surface area contributed by atoms with Crippen molar-refractivity contribution in [3.05, 3.63) is 68.1 Å². The van der Waals surface area contributed by atoms with Gasteiger partial charge in [0, 0.05) is 24.4 Å². The minimum Gasteiger partial charge on any atom is -0.380 e. The van der Waals surface area contributed by atoms with E-state index in [-0.39, 0.29) is 11.2 Å². The number of hydrogen-bond acceptors (Lipinski definition) is 4. The van der Waals surface area contributed by atoms with Crippen LogP contribution in [0.25, 0.3) is 0 Å². The average Bonchev–Trinajstić information content (AvgIpc) is 2.43. The highest BCUT2D eigenvalue weighted by molar-refractivity contribution is 5.62. The summed E-state index contributed by atoms with van der Waals surface area (Å²) in [5.74, 6) is 0. The van der Waals surface area contributed by atoms with Gasteiger partial charge < -0.3 is 9.88 Å². The van der Waals surface area contributed by atoms with Crippen LogP contribution in [0.15, 0.2) is 41.2 Å². The molecule has 0 aliphatic rings. The van der Waals surface area contributed by atoms with Gasteiger partial charge in [0.15, 0.2) is 0 Å². The van der Waals surface area contributed by atoms with E-state index < -0.39 is 4.92 Å². The number of anilines is 1. The highest BCUT2D eigenvalue weighted by Gasteiger charge is 2.14. The molecule has 110 valence electrons. The topological polar surface area (TPSA) is 77.2 Å². The van der Waals surface area contributed by atoms with Crippen molar-refractivity contribution in [2.75, 3.05) is 11.9 Å². The minimum atomic E-state index is -0.415. The van der Waals surface area contributed by atoms with Crippen molar-refractivity contribution in [3.8, 4) is 0 Å². The van der Waals surface area contributed by atoms with E-state index in [4.69, 9.17) is 0 Å². The molecule has 0 fully saturated rings. The van der Waals surface area contributed by atoms with Crippen molar-refractivity contribution in [1.29, 1.82) is 0 Å². The van der Waals surface area contributed by atoms with Gasteiger partial charge in [0.05, 0.1) is 11.5 Å². The molecule has 2 rings (SSSR count). The lowest BCUT2D eigenvalue weighted by Crippen LogP contribution is -2.21. The van der Waals surface area contributed by atoms with Crippen molar-refractivity contribution in [2.45, 2.75) is 20.4 Å². The lowest BCUT2D eigenvalue weighted by molar-refractivity contribution is -0.384. The quantitative estimate of drug-likeness (QED) is 0.677. The predicted molar refractivity (Wildman–Crippen MR) is 81.8 cm³/mol. The maximum absolute atomic E-state index is 11.9. The molecule has 0 unspecified atom stereocenters. The van der Waals surface area contributed by atoms with Crippen LogP contribution in [0.1, 0.15) is 18.2 Å². The van der Waals surface area contributed by atoms with E-state index in [1.165, 1.54) is 12.1 Å². The number of nitrogens with one attached hydrogen (secondary N) is 1. The summed E-state index contributed by atoms with van der Waals surface area (Å²) in [6.07, 6.45) is 0. The second-order valence-electron chi connectivity index (χ2n) is 4.73. The number of nitrogens with zero attached hydrogens (tertiary/aromatic N) is 2. The summed E-state index contributed by atoms with van der Waals surface area (Å²) < 4.78 is 1.64. The van der Waals surface area contributed by atoms with Crippen molar-refractivity contribution >= 4 is 11.4 Å². The van der Waals surface area contributed by atoms with Crippen molar-refractivity contribution in [2.24, 2.45) is 0 Å². The maximum atomic E-state index is 11.9. The lowest BCUT2D eigenvalue weighted by Gasteiger charge is -2.11. The summed E-state index contributed by atoms with van der Waals surface area (Å²) in [7, 11) is 0. The first kappa shape index (κ1) is 14.8. The van der Waals surface area contributed by atoms with Gasteiger partial charge in [0.25, 0.3) is 11.2 Å². The van der Waals surface area contributed by atoms with E-state index in [2.05, 4.69) is 5.32 Å². The van der Waals surface area contributed by atoms with Crippen LogP contribution in [0.3, 0.4) is 0 Å². The van der Waals surface area contributed by atoms with E-state index in [0.717, 1.165) is 11.3 Å². The zero-order valence-electron chi connectivity index (χ0n) is 12.0. The molecule has 0 saturated heterocycles. The van der Waals surface area contributed by atoms with Crippen LogP contribution < -0.4 is 10.9 Å². The summed E-state index contributed by atoms with van der Waals surface area (Å²) in [6, 6.07) is 9.95. The minimum absolute atomic E-state index is 0.0396. The second kappa shape index (κ2) is 6.21. The van der Waals surface area contributed by atoms with Gasteiger partial charge in [0.2, 0.25) is 0 Å². The Labute approximate surface area is 122 Å². The Balaban J connectivity index is 2.39. The van der Waals surface area contributed by atoms with E-state index in [1.807, 2.05) is 19.9 Å². The van der Waals surface area contributed by atoms with Gasteiger partial charge >= 0.3 is 0 Å². The molecule has 1 aromatic heterocycles. The van der Waals surface area contributed by atoms with E-state index in [1.54, 1.807) is 22.8 Å². The Kier molecular flexibility index (Phi) is 4.37. The van der Waals surface area contributed by atoms with Crippen LogP contribution in [0.2, 0.25) is 0 Å². The van der Waals surface area contributed by atoms with Crippen LogP contribution >= 0.6 is 0 Å². The Morgan fingerprint density at radius 1 is 1.29 bits per heavy atom. The summed E-state index contributed by atoms with van der Waals surface area (Å²) in [5, 5.41) is 14.0. The maximum Gasteiger partial charge on any atom is 0.292 e. The summed E-state index contributed by atoms with van der Waals surface area (Å²) in [5.41, 5.74) is 2.12. The Morgan fingerprint density at radius 2 is 2.05 bits per heavy atom. The molecule has 0 bridgehead atoms. The zero-order valence-corrected chi connectivity index (χ0v) is 12.0. The van der Waals surface area contributed by atoms with Crippen molar-refractivity contribution in [3.63, 3.8) is 0 Å². The van der Waals surface area contributed by atoms with E-state index in [9.17, 15) is 14.9 Å². The standard InChI is InChI=1S/C15H17N3O3/c1-3-16-13-9-12(7-8-14(13)18(20)21)10-17-11(2)5-4-6-15(17)19/h4-9,16H,3,10H2,1-2H3. The molecule has 1 aromatic carbocycles. The molecule has 0 radical (unpaired) electrons. The van der Waals surface area contributed by atoms with Gasteiger partial charge in [-0.15, -0.1) is 0 Å². The number of aromatic nitrogens is 1. The molecule has 0 spiro atoms. The van der Waals surface area contributed by atoms with Crippen molar-refractivity contribution in [1.82, 2.24) is 4.57 Å². The molecule has 0 saturated carbocycles. The first-order chi connectivity index (χ1) is 10.0. The fourth-order valence-corrected chi connectivity index (χ4v) is 2.18. The molecule has 1 heterocycles. The number of rotatable bonds is 5. The normalized spacial score (nSPS) is 10.4. The van der Waals surface area contributed by atoms with Crippen molar-refractivity contribution < 1.29 is 4.92 Å². The van der Waals surface area contributed by atoms with Gasteiger partial charge in [-0.25, -0.2) is 0 Å². The highest BCUT2D eigenvalue weighted by Crippen LogP contribution is 2.25. The Bertz CT molecular complexity index is 722. The van der Waals surface area contributed by atoms with Crippen LogP contribution in [-0.4, -0.2) is 16.0 Å². The smallest absolute Gasteiger partial charge is 0.292 e. The molecule has 2 aromatic rings. The highest BCUT2D eigenvalue weighted by atomic mass is 16.6. The molecule has 0 aliphatic heterocycles. The first-order valence-corrected chi connectivity index (χ1v) is 6.70. The van der Waals surface area contributed by atoms with Gasteiger partial charge in [0.1, 0.15) is 5.69 Å². The number of hydrogen-bond donors (Lipinski definition) is 1. The number of benzene rings is 1. The third kappa shape index (κ3) is 3.28. The zero-order chi connectivity index (χ0) is 15.4. The van der Waals surface area contributed by atoms with Gasteiger partial charge in [-0.1, -0.05) is 12.1 Å². The number of nitro benzene ring substituents is 1. The van der Waals surface area contributed by atoms with Crippen LogP contribution in [0.4, 0.5) is 11.4 Å². The molecule has 1 N–H and O–H groups in total. The molecule has 6 nitrogen and oxygen atoms in total. The molecule has 21 heavy (non-hydrogen) atoms. The molecule has 6 heteroatoms. The molecule has 0 amide bonds. The third-order valence-corrected chi connectivity index (χ3v) is 3.23. The molecular weight excluding hydrogens is 270 g/mol. The Morgan fingerprint density at radius 3 is 2.67 bits per heavy atom. The predicted octanol–water partition coefficient (Wildman–Crippen LogP) is 2.55. The summed E-state index contributed by atoms with van der Waals surface area (Å²) >= 11 is 0. The van der Waals surface area contributed by atoms with Gasteiger partial charge in [-0.3, -0.25) is 14.9 Å². The molecule has 0 aliphatic carbocycles. The molecule has 0 atom stereocenters. The summed E-state index contributed by atoms with van der Waals surface area (Å²) in [6.45, 7) is 4.72. The third-order valence-electron chi connectivity index (χ3n) is 3.23. The average molecular weight is 287 g/mol. The van der Waals surface area contributed by atoms with Crippen LogP contribution in [0, 0.1) is 17.0 Å². The molecular formula is C15H17N3O3. The van der Waals surface area contributed by atoms with Crippen LogP contribution in [-0.2, 0) is 6.54 Å². The largest absolute Gasteiger partial charge is 0.380 e. The van der Waals surface area contributed by atoms with E-state index in [0.29, 0.717) is 18.8 Å². The monoisotopic (exact) mass is 287 g/mol. The summed E-state index contributed by atoms with van der Waals surface area (Å²) in [4.78, 5) is 22.4. The van der Waals surface area contributed by atoms with Gasteiger partial charge in [-0.2, -0.15) is 0 Å². The second-order valence-corrected chi connectivity index (χ2v) is 4.73. The lowest BCUT2D eigenvalue weighted by atomic mass is 10.1. The fraction of sp³-hybridized carbons (Fsp3) is 0.267. The van der Waals surface area contributed by atoms with Crippen LogP contribution in [0.5, 0.6) is 0 Å².